The molecule has 0 bridgehead atoms. The summed E-state index contributed by atoms with van der Waals surface area (Å²) in [6.45, 7) is 17.4. The van der Waals surface area contributed by atoms with E-state index in [0.717, 1.165) is 31.4 Å². The Bertz CT molecular complexity index is 317. The molecule has 0 radical (unpaired) electrons. The molecule has 5 nitrogen and oxygen atoms in total. The van der Waals surface area contributed by atoms with E-state index in [2.05, 4.69) is 26.2 Å². The van der Waals surface area contributed by atoms with Crippen molar-refractivity contribution in [3.8, 4) is 0 Å². The first-order valence-corrected chi connectivity index (χ1v) is 13.2. The Labute approximate surface area is 155 Å². The van der Waals surface area contributed by atoms with Crippen LogP contribution in [-0.2, 0) is 18.9 Å². The summed E-state index contributed by atoms with van der Waals surface area (Å²) in [7, 11) is -0.974. The Morgan fingerprint density at radius 3 is 1.92 bits per heavy atom. The highest BCUT2D eigenvalue weighted by Gasteiger charge is 2.12. The summed E-state index contributed by atoms with van der Waals surface area (Å²) in [6, 6.07) is 1.27. The number of aliphatic hydroxyl groups excluding tert-OH is 1. The van der Waals surface area contributed by atoms with Gasteiger partial charge in [-0.3, -0.25) is 0 Å². The first-order valence-electron chi connectivity index (χ1n) is 9.44. The van der Waals surface area contributed by atoms with Crippen LogP contribution in [0.5, 0.6) is 0 Å². The second-order valence-electron chi connectivity index (χ2n) is 7.80. The van der Waals surface area contributed by atoms with Gasteiger partial charge in [0.05, 0.1) is 33.0 Å². The molecule has 1 unspecified atom stereocenters. The van der Waals surface area contributed by atoms with Gasteiger partial charge in [-0.2, -0.15) is 0 Å². The van der Waals surface area contributed by atoms with Crippen molar-refractivity contribution in [2.24, 2.45) is 0 Å². The second kappa shape index (κ2) is 16.0. The number of rotatable bonds is 18. The van der Waals surface area contributed by atoms with Crippen LogP contribution < -0.4 is 0 Å². The van der Waals surface area contributed by atoms with E-state index < -0.39 is 14.2 Å². The number of unbranched alkanes of at least 4 members (excludes halogenated alkanes) is 1. The van der Waals surface area contributed by atoms with Crippen LogP contribution in [0, 0.1) is 0 Å². The van der Waals surface area contributed by atoms with Gasteiger partial charge in [0, 0.05) is 27.9 Å². The van der Waals surface area contributed by atoms with Crippen molar-refractivity contribution in [1.29, 1.82) is 0 Å². The van der Waals surface area contributed by atoms with Gasteiger partial charge in [0.15, 0.2) is 0 Å². The Balaban J connectivity index is 3.22. The fourth-order valence-corrected chi connectivity index (χ4v) is 3.27. The molecule has 0 aromatic heterocycles. The topological polar surface area (TPSA) is 57.2 Å². The maximum absolute atomic E-state index is 9.78. The van der Waals surface area contributed by atoms with Crippen molar-refractivity contribution < 1.29 is 24.1 Å². The van der Waals surface area contributed by atoms with Crippen molar-refractivity contribution in [3.05, 3.63) is 12.2 Å². The monoisotopic (exact) mass is 376 g/mol. The van der Waals surface area contributed by atoms with Crippen LogP contribution in [0.1, 0.15) is 26.2 Å². The van der Waals surface area contributed by atoms with E-state index >= 15 is 0 Å². The molecule has 150 valence electrons. The summed E-state index contributed by atoms with van der Waals surface area (Å²) in [5.41, 5.74) is 1.02. The van der Waals surface area contributed by atoms with Gasteiger partial charge in [0.1, 0.15) is 6.10 Å². The first-order chi connectivity index (χ1) is 11.8. The van der Waals surface area contributed by atoms with Gasteiger partial charge in [-0.1, -0.05) is 37.8 Å². The highest BCUT2D eigenvalue weighted by atomic mass is 28.3. The largest absolute Gasteiger partial charge is 0.388 e. The average molecular weight is 377 g/mol. The third-order valence-corrected chi connectivity index (χ3v) is 5.24. The van der Waals surface area contributed by atoms with E-state index in [1.165, 1.54) is 6.04 Å². The Morgan fingerprint density at radius 1 is 0.840 bits per heavy atom. The van der Waals surface area contributed by atoms with Crippen LogP contribution in [0.25, 0.3) is 0 Å². The molecule has 25 heavy (non-hydrogen) atoms. The van der Waals surface area contributed by atoms with Crippen molar-refractivity contribution >= 4 is 8.07 Å². The number of hydrogen-bond donors (Lipinski definition) is 1. The molecular formula is C19H40O5Si. The van der Waals surface area contributed by atoms with E-state index in [0.29, 0.717) is 46.2 Å². The Morgan fingerprint density at radius 2 is 1.36 bits per heavy atom. The molecule has 0 heterocycles. The van der Waals surface area contributed by atoms with Gasteiger partial charge in [-0.15, -0.1) is 0 Å². The molecule has 0 rings (SSSR count). The molecule has 0 aromatic rings. The van der Waals surface area contributed by atoms with Crippen molar-refractivity contribution in [1.82, 2.24) is 0 Å². The number of aliphatic hydroxyl groups is 1. The minimum atomic E-state index is -0.974. The molecule has 0 aromatic carbocycles. The molecule has 0 saturated heterocycles. The summed E-state index contributed by atoms with van der Waals surface area (Å²) < 4.78 is 21.8. The minimum Gasteiger partial charge on any atom is -0.388 e. The fourth-order valence-electron chi connectivity index (χ4n) is 2.07. The second-order valence-corrected chi connectivity index (χ2v) is 13.4. The smallest absolute Gasteiger partial charge is 0.101 e. The van der Waals surface area contributed by atoms with Gasteiger partial charge in [-0.05, 0) is 26.2 Å². The van der Waals surface area contributed by atoms with Gasteiger partial charge in [0.25, 0.3) is 0 Å². The van der Waals surface area contributed by atoms with Crippen LogP contribution in [0.3, 0.4) is 0 Å². The highest BCUT2D eigenvalue weighted by molar-refractivity contribution is 6.76. The summed E-state index contributed by atoms with van der Waals surface area (Å²) in [6.07, 6.45) is 2.43. The molecule has 6 heteroatoms. The summed E-state index contributed by atoms with van der Waals surface area (Å²) in [5.74, 6) is 0. The maximum atomic E-state index is 9.78. The third-order valence-electron chi connectivity index (χ3n) is 3.38. The normalized spacial score (nSPS) is 13.2. The van der Waals surface area contributed by atoms with Crippen LogP contribution in [-0.4, -0.2) is 72.1 Å². The lowest BCUT2D eigenvalue weighted by atomic mass is 10.3. The van der Waals surface area contributed by atoms with Crippen LogP contribution in [0.2, 0.25) is 25.7 Å². The molecular weight excluding hydrogens is 336 g/mol. The van der Waals surface area contributed by atoms with Crippen LogP contribution >= 0.6 is 0 Å². The molecule has 0 saturated carbocycles. The molecule has 1 N–H and O–H groups in total. The average Bonchev–Trinajstić information content (AvgIpc) is 2.50. The maximum Gasteiger partial charge on any atom is 0.101 e. The predicted molar refractivity (Wildman–Crippen MR) is 106 cm³/mol. The van der Waals surface area contributed by atoms with Crippen LogP contribution in [0.15, 0.2) is 12.2 Å². The SMILES string of the molecule is C=C(C)COCCOCCCCOCC(O)COCCC[Si](C)(C)C. The Kier molecular flexibility index (Phi) is 15.8. The molecule has 1 atom stereocenters. The Hall–Kier alpha value is -0.243. The molecule has 0 fully saturated rings. The molecule has 0 spiro atoms. The molecule has 0 aliphatic carbocycles. The molecule has 0 aliphatic heterocycles. The summed E-state index contributed by atoms with van der Waals surface area (Å²) in [4.78, 5) is 0. The summed E-state index contributed by atoms with van der Waals surface area (Å²) >= 11 is 0. The zero-order valence-electron chi connectivity index (χ0n) is 16.8. The number of ether oxygens (including phenoxy) is 4. The number of hydrogen-bond acceptors (Lipinski definition) is 5. The van der Waals surface area contributed by atoms with Crippen LogP contribution in [0.4, 0.5) is 0 Å². The van der Waals surface area contributed by atoms with E-state index in [9.17, 15) is 5.11 Å². The molecule has 0 aliphatic rings. The van der Waals surface area contributed by atoms with E-state index in [4.69, 9.17) is 18.9 Å². The highest BCUT2D eigenvalue weighted by Crippen LogP contribution is 2.10. The van der Waals surface area contributed by atoms with Crippen molar-refractivity contribution in [3.63, 3.8) is 0 Å². The van der Waals surface area contributed by atoms with Crippen molar-refractivity contribution in [2.75, 3.05) is 52.9 Å². The predicted octanol–water partition coefficient (Wildman–Crippen LogP) is 3.50. The zero-order chi connectivity index (χ0) is 19.0. The van der Waals surface area contributed by atoms with Gasteiger partial charge >= 0.3 is 0 Å². The zero-order valence-corrected chi connectivity index (χ0v) is 17.8. The van der Waals surface area contributed by atoms with Gasteiger partial charge < -0.3 is 24.1 Å². The fraction of sp³-hybridized carbons (Fsp3) is 0.895. The molecule has 0 amide bonds. The van der Waals surface area contributed by atoms with Gasteiger partial charge in [-0.25, -0.2) is 0 Å². The lowest BCUT2D eigenvalue weighted by Crippen LogP contribution is -2.23. The lowest BCUT2D eigenvalue weighted by Gasteiger charge is -2.16. The van der Waals surface area contributed by atoms with E-state index in [1.54, 1.807) is 0 Å². The van der Waals surface area contributed by atoms with E-state index in [1.807, 2.05) is 6.92 Å². The van der Waals surface area contributed by atoms with Gasteiger partial charge in [0.2, 0.25) is 0 Å². The lowest BCUT2D eigenvalue weighted by molar-refractivity contribution is -0.0204. The minimum absolute atomic E-state index is 0.337. The third kappa shape index (κ3) is 21.7. The summed E-state index contributed by atoms with van der Waals surface area (Å²) in [5, 5.41) is 9.78. The standard InChI is InChI=1S/C19H40O5Si/c1-18(2)15-24-13-12-21-9-6-7-10-22-16-19(20)17-23-11-8-14-25(3,4)5/h19-20H,1,6-17H2,2-5H3. The van der Waals surface area contributed by atoms with Crippen molar-refractivity contribution in [2.45, 2.75) is 58.0 Å². The quantitative estimate of drug-likeness (QED) is 0.225. The van der Waals surface area contributed by atoms with E-state index in [-0.39, 0.29) is 0 Å². The first kappa shape index (κ1) is 24.8.